The minimum Gasteiger partial charge on any atom is -0.493 e. The van der Waals surface area contributed by atoms with E-state index < -0.39 is 12.0 Å². The maximum Gasteiger partial charge on any atom is 0.329 e. The molecule has 1 aromatic rings. The molecule has 0 spiro atoms. The number of likely N-dealkylation sites (tertiary alicyclic amines) is 1. The summed E-state index contributed by atoms with van der Waals surface area (Å²) in [7, 11) is 3.17. The third kappa shape index (κ3) is 4.91. The number of carbonyl (C=O) groups excluding carboxylic acids is 3. The first-order valence-electron chi connectivity index (χ1n) is 13.4. The van der Waals surface area contributed by atoms with E-state index in [-0.39, 0.29) is 23.8 Å². The number of amides is 2. The number of rotatable bonds is 9. The Morgan fingerprint density at radius 3 is 2.31 bits per heavy atom. The predicted octanol–water partition coefficient (Wildman–Crippen LogP) is 3.11. The maximum atomic E-state index is 13.7. The smallest absolute Gasteiger partial charge is 0.329 e. The molecular formula is C28H38N2O6. The van der Waals surface area contributed by atoms with Gasteiger partial charge in [0.05, 0.1) is 19.6 Å². The van der Waals surface area contributed by atoms with Crippen molar-refractivity contribution in [3.05, 3.63) is 23.8 Å². The number of esters is 1. The molecule has 1 aromatic carbocycles. The number of methoxy groups -OCH3 is 2. The summed E-state index contributed by atoms with van der Waals surface area (Å²) in [5.74, 6) is 2.68. The summed E-state index contributed by atoms with van der Waals surface area (Å²) >= 11 is 0. The fraction of sp³-hybridized carbons (Fsp3) is 0.679. The Morgan fingerprint density at radius 1 is 1.00 bits per heavy atom. The molecule has 1 saturated heterocycles. The average molecular weight is 499 g/mol. The molecule has 0 radical (unpaired) electrons. The highest BCUT2D eigenvalue weighted by Crippen LogP contribution is 2.60. The van der Waals surface area contributed by atoms with Crippen LogP contribution in [0.4, 0.5) is 0 Å². The van der Waals surface area contributed by atoms with Crippen LogP contribution in [0.2, 0.25) is 0 Å². The minimum absolute atomic E-state index is 0.167. The second-order valence-corrected chi connectivity index (χ2v) is 11.3. The van der Waals surface area contributed by atoms with Crippen molar-refractivity contribution in [2.45, 2.75) is 63.8 Å². The van der Waals surface area contributed by atoms with E-state index in [1.54, 1.807) is 19.1 Å². The fourth-order valence-electron chi connectivity index (χ4n) is 7.60. The van der Waals surface area contributed by atoms with E-state index in [4.69, 9.17) is 14.2 Å². The molecule has 5 aliphatic rings. The summed E-state index contributed by atoms with van der Waals surface area (Å²) in [6, 6.07) is 5.06. The third-order valence-electron chi connectivity index (χ3n) is 8.81. The lowest BCUT2D eigenvalue weighted by Gasteiger charge is -2.56. The highest BCUT2D eigenvalue weighted by molar-refractivity contribution is 5.90. The molecule has 36 heavy (non-hydrogen) atoms. The number of hydrogen-bond donors (Lipinski definition) is 1. The molecule has 1 aliphatic heterocycles. The van der Waals surface area contributed by atoms with Crippen LogP contribution in [0.1, 0.15) is 56.9 Å². The summed E-state index contributed by atoms with van der Waals surface area (Å²) in [5.41, 5.74) is 0.730. The lowest BCUT2D eigenvalue weighted by Crippen LogP contribution is -2.56. The molecule has 6 rings (SSSR count). The molecule has 196 valence electrons. The maximum absolute atomic E-state index is 13.7. The van der Waals surface area contributed by atoms with Gasteiger partial charge in [0.2, 0.25) is 5.91 Å². The minimum atomic E-state index is -0.565. The molecule has 5 fully saturated rings. The summed E-state index contributed by atoms with van der Waals surface area (Å²) in [6.07, 6.45) is 8.80. The van der Waals surface area contributed by atoms with E-state index in [1.165, 1.54) is 19.3 Å². The van der Waals surface area contributed by atoms with Gasteiger partial charge in [-0.15, -0.1) is 0 Å². The molecule has 4 saturated carbocycles. The van der Waals surface area contributed by atoms with Gasteiger partial charge in [-0.05, 0) is 93.2 Å². The van der Waals surface area contributed by atoms with Crippen LogP contribution in [0.15, 0.2) is 18.2 Å². The van der Waals surface area contributed by atoms with Crippen LogP contribution in [0.5, 0.6) is 11.5 Å². The van der Waals surface area contributed by atoms with Crippen LogP contribution in [-0.4, -0.2) is 62.6 Å². The number of nitrogens with zero attached hydrogens (tertiary/aromatic N) is 1. The van der Waals surface area contributed by atoms with Crippen molar-refractivity contribution < 1.29 is 28.6 Å². The summed E-state index contributed by atoms with van der Waals surface area (Å²) in [6.45, 7) is 0.685. The van der Waals surface area contributed by atoms with Gasteiger partial charge in [0.25, 0.3) is 5.91 Å². The number of carbonyl (C=O) groups is 3. The lowest BCUT2D eigenvalue weighted by atomic mass is 9.49. The van der Waals surface area contributed by atoms with Gasteiger partial charge in [-0.2, -0.15) is 0 Å². The van der Waals surface area contributed by atoms with Gasteiger partial charge in [-0.1, -0.05) is 6.07 Å². The standard InChI is InChI=1S/C28H38N2O6/c1-34-23-6-5-18(13-24(23)35-2)7-8-29-25(31)17-36-26(32)22-4-3-9-30(22)27(33)28-14-19-10-20(15-28)12-21(11-19)16-28/h5-6,13,19-22H,3-4,7-12,14-17H2,1-2H3,(H,29,31). The zero-order valence-electron chi connectivity index (χ0n) is 21.4. The van der Waals surface area contributed by atoms with Gasteiger partial charge in [0.15, 0.2) is 18.1 Å². The van der Waals surface area contributed by atoms with Crippen LogP contribution in [0.3, 0.4) is 0 Å². The van der Waals surface area contributed by atoms with Crippen LogP contribution >= 0.6 is 0 Å². The summed E-state index contributed by atoms with van der Waals surface area (Å²) < 4.78 is 15.9. The topological polar surface area (TPSA) is 94.2 Å². The Bertz CT molecular complexity index is 972. The van der Waals surface area contributed by atoms with Gasteiger partial charge in [0, 0.05) is 13.1 Å². The zero-order valence-corrected chi connectivity index (χ0v) is 21.4. The van der Waals surface area contributed by atoms with E-state index in [0.717, 1.165) is 31.2 Å². The van der Waals surface area contributed by atoms with E-state index in [1.807, 2.05) is 18.2 Å². The molecule has 0 aromatic heterocycles. The molecule has 4 bridgehead atoms. The summed E-state index contributed by atoms with van der Waals surface area (Å²) in [5, 5.41) is 2.80. The van der Waals surface area contributed by atoms with Crippen molar-refractivity contribution in [1.29, 1.82) is 0 Å². The quantitative estimate of drug-likeness (QED) is 0.526. The van der Waals surface area contributed by atoms with Crippen LogP contribution in [-0.2, 0) is 25.5 Å². The van der Waals surface area contributed by atoms with Crippen molar-refractivity contribution in [3.8, 4) is 11.5 Å². The predicted molar refractivity (Wildman–Crippen MR) is 133 cm³/mol. The molecule has 8 heteroatoms. The van der Waals surface area contributed by atoms with Crippen LogP contribution < -0.4 is 14.8 Å². The van der Waals surface area contributed by atoms with E-state index in [2.05, 4.69) is 5.32 Å². The molecule has 1 N–H and O–H groups in total. The van der Waals surface area contributed by atoms with Crippen molar-refractivity contribution in [2.24, 2.45) is 23.2 Å². The third-order valence-corrected chi connectivity index (χ3v) is 8.81. The Balaban J connectivity index is 1.10. The normalized spacial score (nSPS) is 30.2. The second-order valence-electron chi connectivity index (χ2n) is 11.3. The number of ether oxygens (including phenoxy) is 3. The van der Waals surface area contributed by atoms with Gasteiger partial charge >= 0.3 is 5.97 Å². The number of nitrogens with one attached hydrogen (secondary N) is 1. The van der Waals surface area contributed by atoms with E-state index in [0.29, 0.717) is 55.2 Å². The fourth-order valence-corrected chi connectivity index (χ4v) is 7.60. The Hall–Kier alpha value is -2.77. The van der Waals surface area contributed by atoms with Crippen molar-refractivity contribution in [1.82, 2.24) is 10.2 Å². The molecule has 2 amide bonds. The van der Waals surface area contributed by atoms with E-state index in [9.17, 15) is 14.4 Å². The Morgan fingerprint density at radius 2 is 1.67 bits per heavy atom. The van der Waals surface area contributed by atoms with E-state index >= 15 is 0 Å². The molecule has 1 atom stereocenters. The zero-order chi connectivity index (χ0) is 25.3. The van der Waals surface area contributed by atoms with Gasteiger partial charge in [-0.25, -0.2) is 4.79 Å². The average Bonchev–Trinajstić information content (AvgIpc) is 3.36. The lowest BCUT2D eigenvalue weighted by molar-refractivity contribution is -0.166. The molecule has 4 aliphatic carbocycles. The molecule has 1 heterocycles. The second kappa shape index (κ2) is 10.3. The highest BCUT2D eigenvalue weighted by Gasteiger charge is 2.57. The SMILES string of the molecule is COc1ccc(CCNC(=O)COC(=O)C2CCCN2C(=O)C23CC4CC(CC(C4)C2)C3)cc1OC. The van der Waals surface area contributed by atoms with Crippen molar-refractivity contribution >= 4 is 17.8 Å². The first kappa shape index (κ1) is 24.9. The highest BCUT2D eigenvalue weighted by atomic mass is 16.5. The number of hydrogen-bond acceptors (Lipinski definition) is 6. The first-order valence-corrected chi connectivity index (χ1v) is 13.4. The van der Waals surface area contributed by atoms with Crippen LogP contribution in [0, 0.1) is 23.2 Å². The van der Waals surface area contributed by atoms with Gasteiger partial charge in [-0.3, -0.25) is 9.59 Å². The van der Waals surface area contributed by atoms with Crippen LogP contribution in [0.25, 0.3) is 0 Å². The first-order chi connectivity index (χ1) is 17.4. The molecule has 1 unspecified atom stereocenters. The van der Waals surface area contributed by atoms with Crippen molar-refractivity contribution in [3.63, 3.8) is 0 Å². The monoisotopic (exact) mass is 498 g/mol. The van der Waals surface area contributed by atoms with Gasteiger partial charge < -0.3 is 24.4 Å². The Kier molecular flexibility index (Phi) is 7.13. The van der Waals surface area contributed by atoms with Gasteiger partial charge in [0.1, 0.15) is 6.04 Å². The molecular weight excluding hydrogens is 460 g/mol. The molecule has 8 nitrogen and oxygen atoms in total. The summed E-state index contributed by atoms with van der Waals surface area (Å²) in [4.78, 5) is 40.7. The largest absolute Gasteiger partial charge is 0.493 e. The van der Waals surface area contributed by atoms with Crippen molar-refractivity contribution in [2.75, 3.05) is 33.9 Å². The number of benzene rings is 1. The Labute approximate surface area is 213 Å².